The summed E-state index contributed by atoms with van der Waals surface area (Å²) < 4.78 is 9.53. The molecule has 0 heterocycles. The molecule has 29 heavy (non-hydrogen) atoms. The summed E-state index contributed by atoms with van der Waals surface area (Å²) in [6, 6.07) is 12.1. The molecule has 0 aliphatic carbocycles. The maximum Gasteiger partial charge on any atom is 0.253 e. The van der Waals surface area contributed by atoms with Gasteiger partial charge >= 0.3 is 0 Å². The van der Waals surface area contributed by atoms with Gasteiger partial charge in [0.2, 0.25) is 3.79 Å². The zero-order valence-electron chi connectivity index (χ0n) is 15.3. The molecule has 0 saturated heterocycles. The van der Waals surface area contributed by atoms with E-state index >= 15 is 0 Å². The van der Waals surface area contributed by atoms with Crippen LogP contribution in [0.4, 0.5) is 5.69 Å². The van der Waals surface area contributed by atoms with E-state index in [-0.39, 0.29) is 5.11 Å². The molecule has 2 rings (SSSR count). The van der Waals surface area contributed by atoms with Crippen LogP contribution in [0.3, 0.4) is 0 Å². The molecule has 2 aromatic rings. The topological polar surface area (TPSA) is 71.6 Å². The third-order valence-electron chi connectivity index (χ3n) is 3.62. The van der Waals surface area contributed by atoms with Gasteiger partial charge in [0.1, 0.15) is 17.7 Å². The average molecular weight is 589 g/mol. The van der Waals surface area contributed by atoms with E-state index in [0.717, 1.165) is 3.57 Å². The van der Waals surface area contributed by atoms with Crippen LogP contribution in [0.25, 0.3) is 0 Å². The third-order valence-corrected chi connectivity index (χ3v) is 5.17. The van der Waals surface area contributed by atoms with Crippen LogP contribution in [0, 0.1) is 3.57 Å². The van der Waals surface area contributed by atoms with Crippen molar-refractivity contribution in [1.82, 2.24) is 10.6 Å². The molecule has 0 aliphatic rings. The van der Waals surface area contributed by atoms with Crippen molar-refractivity contribution in [3.63, 3.8) is 0 Å². The number of benzene rings is 2. The molecule has 0 aliphatic heterocycles. The van der Waals surface area contributed by atoms with Gasteiger partial charge in [-0.15, -0.1) is 0 Å². The molecule has 1 amide bonds. The zero-order valence-corrected chi connectivity index (χ0v) is 20.5. The highest BCUT2D eigenvalue weighted by atomic mass is 127. The minimum Gasteiger partial charge on any atom is -0.497 e. The molecule has 0 bridgehead atoms. The minimum atomic E-state index is -1.87. The second-order valence-electron chi connectivity index (χ2n) is 5.62. The predicted octanol–water partition coefficient (Wildman–Crippen LogP) is 4.72. The van der Waals surface area contributed by atoms with Gasteiger partial charge in [-0.05, 0) is 65.1 Å². The highest BCUT2D eigenvalue weighted by Gasteiger charge is 2.35. The quantitative estimate of drug-likeness (QED) is 0.196. The smallest absolute Gasteiger partial charge is 0.253 e. The summed E-state index contributed by atoms with van der Waals surface area (Å²) in [7, 11) is 3.07. The van der Waals surface area contributed by atoms with E-state index in [2.05, 4.69) is 38.5 Å². The molecule has 156 valence electrons. The van der Waals surface area contributed by atoms with Gasteiger partial charge in [0, 0.05) is 15.2 Å². The number of anilines is 1. The van der Waals surface area contributed by atoms with Crippen LogP contribution in [0.5, 0.6) is 11.5 Å². The highest BCUT2D eigenvalue weighted by Crippen LogP contribution is 2.31. The van der Waals surface area contributed by atoms with Gasteiger partial charge in [-0.1, -0.05) is 40.9 Å². The summed E-state index contributed by atoms with van der Waals surface area (Å²) in [6.45, 7) is 0. The van der Waals surface area contributed by atoms with E-state index in [1.54, 1.807) is 43.5 Å². The molecule has 2 aromatic carbocycles. The Bertz CT molecular complexity index is 896. The van der Waals surface area contributed by atoms with Crippen LogP contribution >= 0.6 is 69.6 Å². The summed E-state index contributed by atoms with van der Waals surface area (Å²) in [5.41, 5.74) is 0.961. The highest BCUT2D eigenvalue weighted by molar-refractivity contribution is 14.1. The first-order valence-electron chi connectivity index (χ1n) is 8.06. The molecule has 0 aromatic heterocycles. The number of carbonyl (C=O) groups excluding carboxylic acids is 1. The van der Waals surface area contributed by atoms with Crippen LogP contribution < -0.4 is 25.4 Å². The molecule has 3 N–H and O–H groups in total. The Balaban J connectivity index is 2.14. The van der Waals surface area contributed by atoms with Crippen LogP contribution in [0.2, 0.25) is 0 Å². The fraction of sp³-hybridized carbons (Fsp3) is 0.222. The van der Waals surface area contributed by atoms with E-state index in [9.17, 15) is 4.79 Å². The predicted molar refractivity (Wildman–Crippen MR) is 130 cm³/mol. The zero-order chi connectivity index (χ0) is 21.6. The monoisotopic (exact) mass is 587 g/mol. The second kappa shape index (κ2) is 10.7. The number of methoxy groups -OCH3 is 2. The SMILES string of the molecule is COc1ccc(OC)c(NC(=S)N[C@@H](NC(=O)c2cccc(I)c2)C(Cl)(Cl)Cl)c1. The third kappa shape index (κ3) is 7.21. The van der Waals surface area contributed by atoms with Gasteiger partial charge in [-0.2, -0.15) is 0 Å². The molecular weight excluding hydrogens is 572 g/mol. The number of rotatable bonds is 6. The van der Waals surface area contributed by atoms with Crippen molar-refractivity contribution in [3.8, 4) is 11.5 Å². The fourth-order valence-electron chi connectivity index (χ4n) is 2.25. The largest absolute Gasteiger partial charge is 0.497 e. The standard InChI is InChI=1S/C18H17Cl3IN3O3S/c1-27-12-6-7-14(28-2)13(9-12)23-17(29)25-16(18(19,20)21)24-15(26)10-4-3-5-11(22)8-10/h3-9,16H,1-2H3,(H,24,26)(H2,23,25,29)/t16-/m1/s1. The number of alkyl halides is 3. The van der Waals surface area contributed by atoms with Crippen molar-refractivity contribution in [2.45, 2.75) is 9.96 Å². The maximum atomic E-state index is 12.5. The Morgan fingerprint density at radius 3 is 2.41 bits per heavy atom. The van der Waals surface area contributed by atoms with Gasteiger partial charge in [-0.3, -0.25) is 4.79 Å². The lowest BCUT2D eigenvalue weighted by Gasteiger charge is -2.28. The van der Waals surface area contributed by atoms with E-state index < -0.39 is 15.9 Å². The first-order chi connectivity index (χ1) is 13.6. The summed E-state index contributed by atoms with van der Waals surface area (Å²) in [5.74, 6) is 0.707. The van der Waals surface area contributed by atoms with Gasteiger partial charge in [0.05, 0.1) is 19.9 Å². The summed E-state index contributed by atoms with van der Waals surface area (Å²) in [6.07, 6.45) is -1.10. The van der Waals surface area contributed by atoms with E-state index in [0.29, 0.717) is 22.7 Å². The Kier molecular flexibility index (Phi) is 8.90. The normalized spacial score (nSPS) is 11.9. The van der Waals surface area contributed by atoms with Crippen molar-refractivity contribution < 1.29 is 14.3 Å². The van der Waals surface area contributed by atoms with Gasteiger partial charge in [0.25, 0.3) is 5.91 Å². The lowest BCUT2D eigenvalue weighted by Crippen LogP contribution is -2.56. The summed E-state index contributed by atoms with van der Waals surface area (Å²) >= 11 is 25.5. The first kappa shape index (κ1) is 24.1. The van der Waals surface area contributed by atoms with E-state index in [4.69, 9.17) is 56.5 Å². The summed E-state index contributed by atoms with van der Waals surface area (Å²) in [5, 5.41) is 8.49. The van der Waals surface area contributed by atoms with Crippen molar-refractivity contribution in [2.24, 2.45) is 0 Å². The van der Waals surface area contributed by atoms with Crippen molar-refractivity contribution >= 4 is 86.3 Å². The molecule has 11 heteroatoms. The van der Waals surface area contributed by atoms with Crippen LogP contribution in [0.15, 0.2) is 42.5 Å². The van der Waals surface area contributed by atoms with E-state index in [1.165, 1.54) is 7.11 Å². The van der Waals surface area contributed by atoms with Crippen molar-refractivity contribution in [1.29, 1.82) is 0 Å². The molecule has 0 radical (unpaired) electrons. The Morgan fingerprint density at radius 2 is 1.83 bits per heavy atom. The van der Waals surface area contributed by atoms with Crippen molar-refractivity contribution in [3.05, 3.63) is 51.6 Å². The molecule has 6 nitrogen and oxygen atoms in total. The van der Waals surface area contributed by atoms with Crippen LogP contribution in [-0.4, -0.2) is 35.2 Å². The lowest BCUT2D eigenvalue weighted by atomic mass is 10.2. The second-order valence-corrected chi connectivity index (χ2v) is 9.65. The van der Waals surface area contributed by atoms with Gasteiger partial charge in [-0.25, -0.2) is 0 Å². The first-order valence-corrected chi connectivity index (χ1v) is 10.7. The number of hydrogen-bond donors (Lipinski definition) is 3. The number of ether oxygens (including phenoxy) is 2. The number of thiocarbonyl (C=S) groups is 1. The number of amides is 1. The molecular formula is C18H17Cl3IN3O3S. The van der Waals surface area contributed by atoms with Gasteiger partial charge < -0.3 is 25.4 Å². The number of nitrogens with one attached hydrogen (secondary N) is 3. The van der Waals surface area contributed by atoms with E-state index in [1.807, 2.05) is 6.07 Å². The average Bonchev–Trinajstić information content (AvgIpc) is 2.66. The van der Waals surface area contributed by atoms with Crippen LogP contribution in [-0.2, 0) is 0 Å². The molecule has 0 spiro atoms. The Morgan fingerprint density at radius 1 is 1.10 bits per heavy atom. The molecule has 0 unspecified atom stereocenters. The maximum absolute atomic E-state index is 12.5. The van der Waals surface area contributed by atoms with Crippen LogP contribution in [0.1, 0.15) is 10.4 Å². The lowest BCUT2D eigenvalue weighted by molar-refractivity contribution is 0.0934. The van der Waals surface area contributed by atoms with Crippen molar-refractivity contribution in [2.75, 3.05) is 19.5 Å². The molecule has 0 saturated carbocycles. The Labute approximate surface area is 202 Å². The van der Waals surface area contributed by atoms with Gasteiger partial charge in [0.15, 0.2) is 5.11 Å². The number of halogens is 4. The number of hydrogen-bond acceptors (Lipinski definition) is 4. The molecule has 1 atom stereocenters. The number of carbonyl (C=O) groups is 1. The summed E-state index contributed by atoms with van der Waals surface area (Å²) in [4.78, 5) is 12.5. The fourth-order valence-corrected chi connectivity index (χ4v) is 3.34. The molecule has 0 fully saturated rings. The Hall–Kier alpha value is -1.20. The minimum absolute atomic E-state index is 0.107.